The van der Waals surface area contributed by atoms with E-state index >= 15 is 0 Å². The van der Waals surface area contributed by atoms with E-state index in [1.807, 2.05) is 0 Å². The second kappa shape index (κ2) is 4.66. The molecule has 1 amide bonds. The average Bonchev–Trinajstić information content (AvgIpc) is 2.01. The van der Waals surface area contributed by atoms with Crippen molar-refractivity contribution < 1.29 is 24.5 Å². The molecule has 0 saturated heterocycles. The summed E-state index contributed by atoms with van der Waals surface area (Å²) in [4.78, 5) is 22.3. The molecule has 2 N–H and O–H groups in total. The highest BCUT2D eigenvalue weighted by Gasteiger charge is 2.31. The molecule has 76 valence electrons. The summed E-state index contributed by atoms with van der Waals surface area (Å²) in [5, 5.41) is 17.7. The first-order valence-electron chi connectivity index (χ1n) is 3.63. The number of likely N-dealkylation sites (N-methyl/N-ethyl adjacent to an activating group) is 1. The van der Waals surface area contributed by atoms with Crippen molar-refractivity contribution in [1.82, 2.24) is 4.90 Å². The number of carbonyl (C=O) groups excluding carboxylic acids is 1. The Bertz CT molecular complexity index is 203. The number of carboxylic acids is 1. The molecule has 0 aromatic rings. The maximum Gasteiger partial charge on any atom is 0.410 e. The minimum atomic E-state index is -1.28. The van der Waals surface area contributed by atoms with E-state index in [4.69, 9.17) is 10.2 Å². The van der Waals surface area contributed by atoms with Crippen molar-refractivity contribution in [1.29, 1.82) is 0 Å². The lowest BCUT2D eigenvalue weighted by molar-refractivity contribution is -0.145. The van der Waals surface area contributed by atoms with Crippen LogP contribution in [-0.2, 0) is 9.53 Å². The van der Waals surface area contributed by atoms with E-state index in [0.717, 1.165) is 12.0 Å². The fourth-order valence-electron chi connectivity index (χ4n) is 0.953. The number of aliphatic hydroxyl groups is 1. The minimum Gasteiger partial charge on any atom is -0.480 e. The maximum atomic E-state index is 10.9. The van der Waals surface area contributed by atoms with E-state index in [1.54, 1.807) is 0 Å². The predicted octanol–water partition coefficient (Wildman–Crippen LogP) is -0.481. The summed E-state index contributed by atoms with van der Waals surface area (Å²) in [6.07, 6.45) is -1.95. The molecule has 6 nitrogen and oxygen atoms in total. The highest BCUT2D eigenvalue weighted by atomic mass is 16.5. The molecule has 0 heterocycles. The summed E-state index contributed by atoms with van der Waals surface area (Å²) in [7, 11) is 2.39. The summed E-state index contributed by atoms with van der Waals surface area (Å²) in [6, 6.07) is -1.28. The van der Waals surface area contributed by atoms with Crippen LogP contribution in [0.2, 0.25) is 0 Å². The van der Waals surface area contributed by atoms with Crippen molar-refractivity contribution in [3.8, 4) is 0 Å². The molecule has 0 rings (SSSR count). The zero-order chi connectivity index (χ0) is 10.6. The molecule has 2 atom stereocenters. The summed E-state index contributed by atoms with van der Waals surface area (Å²) in [5.41, 5.74) is 0. The molecular weight excluding hydrogens is 178 g/mol. The van der Waals surface area contributed by atoms with Gasteiger partial charge in [-0.25, -0.2) is 9.59 Å². The largest absolute Gasteiger partial charge is 0.480 e. The third-order valence-corrected chi connectivity index (χ3v) is 1.59. The van der Waals surface area contributed by atoms with Crippen LogP contribution in [0.25, 0.3) is 0 Å². The molecule has 0 aliphatic carbocycles. The number of rotatable bonds is 3. The molecule has 0 unspecified atom stereocenters. The van der Waals surface area contributed by atoms with Crippen molar-refractivity contribution in [2.45, 2.75) is 19.1 Å². The second-order valence-electron chi connectivity index (χ2n) is 2.60. The summed E-state index contributed by atoms with van der Waals surface area (Å²) < 4.78 is 4.31. The van der Waals surface area contributed by atoms with Crippen molar-refractivity contribution in [2.75, 3.05) is 14.2 Å². The Morgan fingerprint density at radius 1 is 1.46 bits per heavy atom. The van der Waals surface area contributed by atoms with Gasteiger partial charge in [-0.05, 0) is 6.92 Å². The van der Waals surface area contributed by atoms with E-state index in [0.29, 0.717) is 0 Å². The van der Waals surface area contributed by atoms with Gasteiger partial charge in [0, 0.05) is 7.05 Å². The first kappa shape index (κ1) is 11.7. The summed E-state index contributed by atoms with van der Waals surface area (Å²) in [5.74, 6) is -1.28. The molecule has 0 aromatic carbocycles. The van der Waals surface area contributed by atoms with Crippen molar-refractivity contribution in [3.05, 3.63) is 0 Å². The van der Waals surface area contributed by atoms with Crippen LogP contribution in [0.3, 0.4) is 0 Å². The van der Waals surface area contributed by atoms with E-state index in [-0.39, 0.29) is 0 Å². The molecule has 0 aliphatic heterocycles. The van der Waals surface area contributed by atoms with Crippen LogP contribution < -0.4 is 0 Å². The van der Waals surface area contributed by atoms with Gasteiger partial charge in [0.25, 0.3) is 0 Å². The maximum absolute atomic E-state index is 10.9. The first-order chi connectivity index (χ1) is 5.91. The van der Waals surface area contributed by atoms with E-state index < -0.39 is 24.2 Å². The monoisotopic (exact) mass is 191 g/mol. The zero-order valence-corrected chi connectivity index (χ0v) is 7.72. The molecule has 0 aliphatic rings. The summed E-state index contributed by atoms with van der Waals surface area (Å²) in [6.45, 7) is 1.29. The van der Waals surface area contributed by atoms with E-state index in [9.17, 15) is 9.59 Å². The first-order valence-corrected chi connectivity index (χ1v) is 3.63. The van der Waals surface area contributed by atoms with Crippen LogP contribution in [0.1, 0.15) is 6.92 Å². The zero-order valence-electron chi connectivity index (χ0n) is 7.72. The second-order valence-corrected chi connectivity index (χ2v) is 2.60. The number of amides is 1. The molecule has 6 heteroatoms. The smallest absolute Gasteiger partial charge is 0.410 e. The predicted molar refractivity (Wildman–Crippen MR) is 43.3 cm³/mol. The number of methoxy groups -OCH3 is 1. The lowest BCUT2D eigenvalue weighted by atomic mass is 10.2. The Kier molecular flexibility index (Phi) is 4.19. The molecule has 0 radical (unpaired) electrons. The van der Waals surface area contributed by atoms with E-state index in [2.05, 4.69) is 4.74 Å². The van der Waals surface area contributed by atoms with Crippen LogP contribution in [0.4, 0.5) is 4.79 Å². The fourth-order valence-corrected chi connectivity index (χ4v) is 0.953. The molecule has 0 spiro atoms. The standard InChI is InChI=1S/C7H13NO5/c1-4(9)5(6(10)11)8(2)7(12)13-3/h4-5,9H,1-3H3,(H,10,11)/t4-,5+/m1/s1. The number of hydrogen-bond donors (Lipinski definition) is 2. The van der Waals surface area contributed by atoms with Gasteiger partial charge in [0.15, 0.2) is 6.04 Å². The molecule has 0 aromatic heterocycles. The van der Waals surface area contributed by atoms with Crippen LogP contribution in [0, 0.1) is 0 Å². The number of carbonyl (C=O) groups is 2. The van der Waals surface area contributed by atoms with Crippen LogP contribution >= 0.6 is 0 Å². The third-order valence-electron chi connectivity index (χ3n) is 1.59. The number of carboxylic acid groups (broad SMARTS) is 1. The van der Waals surface area contributed by atoms with Crippen molar-refractivity contribution >= 4 is 12.1 Å². The molecule has 0 bridgehead atoms. The van der Waals surface area contributed by atoms with Gasteiger partial charge in [-0.15, -0.1) is 0 Å². The van der Waals surface area contributed by atoms with E-state index in [1.165, 1.54) is 14.0 Å². The number of aliphatic hydroxyl groups excluding tert-OH is 1. The minimum absolute atomic E-state index is 0.798. The highest BCUT2D eigenvalue weighted by Crippen LogP contribution is 2.04. The molecule has 0 saturated carbocycles. The number of hydrogen-bond acceptors (Lipinski definition) is 4. The van der Waals surface area contributed by atoms with Gasteiger partial charge in [0.1, 0.15) is 0 Å². The highest BCUT2D eigenvalue weighted by molar-refractivity contribution is 5.80. The van der Waals surface area contributed by atoms with Gasteiger partial charge in [-0.2, -0.15) is 0 Å². The lowest BCUT2D eigenvalue weighted by Crippen LogP contribution is -2.48. The number of aliphatic carboxylic acids is 1. The topological polar surface area (TPSA) is 87.1 Å². The lowest BCUT2D eigenvalue weighted by Gasteiger charge is -2.25. The average molecular weight is 191 g/mol. The number of ether oxygens (including phenoxy) is 1. The third kappa shape index (κ3) is 2.90. The van der Waals surface area contributed by atoms with Crippen molar-refractivity contribution in [2.24, 2.45) is 0 Å². The van der Waals surface area contributed by atoms with Gasteiger partial charge in [0.05, 0.1) is 13.2 Å². The van der Waals surface area contributed by atoms with Gasteiger partial charge >= 0.3 is 12.1 Å². The Labute approximate surface area is 75.7 Å². The van der Waals surface area contributed by atoms with Crippen molar-refractivity contribution in [3.63, 3.8) is 0 Å². The SMILES string of the molecule is COC(=O)N(C)[C@H](C(=O)O)[C@@H](C)O. The Balaban J connectivity index is 4.55. The Morgan fingerprint density at radius 2 is 1.92 bits per heavy atom. The van der Waals surface area contributed by atoms with Gasteiger partial charge in [-0.3, -0.25) is 4.90 Å². The van der Waals surface area contributed by atoms with Gasteiger partial charge in [0.2, 0.25) is 0 Å². The molecular formula is C7H13NO5. The summed E-state index contributed by atoms with van der Waals surface area (Å²) >= 11 is 0. The van der Waals surface area contributed by atoms with Crippen LogP contribution in [0.15, 0.2) is 0 Å². The quantitative estimate of drug-likeness (QED) is 0.629. The van der Waals surface area contributed by atoms with Gasteiger partial charge in [-0.1, -0.05) is 0 Å². The van der Waals surface area contributed by atoms with Crippen LogP contribution in [0.5, 0.6) is 0 Å². The Hall–Kier alpha value is -1.30. The number of nitrogens with zero attached hydrogens (tertiary/aromatic N) is 1. The van der Waals surface area contributed by atoms with Gasteiger partial charge < -0.3 is 14.9 Å². The fraction of sp³-hybridized carbons (Fsp3) is 0.714. The van der Waals surface area contributed by atoms with Crippen LogP contribution in [-0.4, -0.2) is 53.5 Å². The molecule has 13 heavy (non-hydrogen) atoms. The molecule has 0 fully saturated rings. The Morgan fingerprint density at radius 3 is 2.15 bits per heavy atom. The normalized spacial score (nSPS) is 14.5.